The molecule has 0 atom stereocenters. The molecule has 3 heteroatoms. The molecule has 1 aromatic carbocycles. The topological polar surface area (TPSA) is 22.1 Å². The third-order valence-corrected chi connectivity index (χ3v) is 5.05. The summed E-state index contributed by atoms with van der Waals surface area (Å²) in [4.78, 5) is 4.61. The van der Waals surface area contributed by atoms with Crippen LogP contribution in [-0.2, 0) is 6.42 Å². The zero-order chi connectivity index (χ0) is 16.5. The highest BCUT2D eigenvalue weighted by Crippen LogP contribution is 2.30. The first-order chi connectivity index (χ1) is 11.3. The van der Waals surface area contributed by atoms with Gasteiger partial charge in [-0.3, -0.25) is 4.98 Å². The summed E-state index contributed by atoms with van der Waals surface area (Å²) in [6.07, 6.45) is 14.0. The molecule has 126 valence electrons. The first kappa shape index (κ1) is 18.3. The second-order valence-electron chi connectivity index (χ2n) is 6.21. The molecule has 0 amide bonds. The van der Waals surface area contributed by atoms with Crippen LogP contribution in [0, 0.1) is 0 Å². The number of unbranched alkanes of at least 4 members (excludes halogenated alkanes) is 7. The number of halogens is 1. The predicted octanol–water partition coefficient (Wildman–Crippen LogP) is 6.69. The Labute approximate surface area is 148 Å². The fourth-order valence-corrected chi connectivity index (χ4v) is 3.40. The molecule has 2 rings (SSSR count). The number of methoxy groups -OCH3 is 1. The van der Waals surface area contributed by atoms with Crippen LogP contribution < -0.4 is 4.74 Å². The fourth-order valence-electron chi connectivity index (χ4n) is 2.97. The molecule has 0 saturated carbocycles. The normalized spacial score (nSPS) is 11.1. The van der Waals surface area contributed by atoms with Crippen molar-refractivity contribution >= 4 is 26.8 Å². The molecular formula is C20H28BrNO. The molecule has 0 spiro atoms. The summed E-state index contributed by atoms with van der Waals surface area (Å²) in [6.45, 7) is 2.27. The number of ether oxygens (including phenoxy) is 1. The van der Waals surface area contributed by atoms with E-state index in [0.29, 0.717) is 0 Å². The van der Waals surface area contributed by atoms with Crippen molar-refractivity contribution in [2.24, 2.45) is 0 Å². The third kappa shape index (κ3) is 5.49. The van der Waals surface area contributed by atoms with E-state index in [9.17, 15) is 0 Å². The standard InChI is InChI=1S/C20H28BrNO/c1-3-4-5-6-7-8-9-10-11-16-14-17-18(21)12-13-19(23-2)20(17)22-15-16/h12-15H,3-11H2,1-2H3. The smallest absolute Gasteiger partial charge is 0.145 e. The van der Waals surface area contributed by atoms with Crippen molar-refractivity contribution in [3.8, 4) is 5.75 Å². The highest BCUT2D eigenvalue weighted by molar-refractivity contribution is 9.10. The first-order valence-corrected chi connectivity index (χ1v) is 9.66. The maximum atomic E-state index is 5.39. The number of benzene rings is 1. The lowest BCUT2D eigenvalue weighted by atomic mass is 10.0. The molecule has 0 aliphatic carbocycles. The Morgan fingerprint density at radius 1 is 1.00 bits per heavy atom. The van der Waals surface area contributed by atoms with Crippen LogP contribution in [0.5, 0.6) is 5.75 Å². The Kier molecular flexibility index (Phi) is 7.87. The Morgan fingerprint density at radius 3 is 2.39 bits per heavy atom. The van der Waals surface area contributed by atoms with E-state index in [1.165, 1.54) is 56.9 Å². The summed E-state index contributed by atoms with van der Waals surface area (Å²) in [6, 6.07) is 6.23. The van der Waals surface area contributed by atoms with E-state index in [1.54, 1.807) is 7.11 Å². The molecule has 0 radical (unpaired) electrons. The Morgan fingerprint density at radius 2 is 1.70 bits per heavy atom. The second kappa shape index (κ2) is 9.92. The van der Waals surface area contributed by atoms with E-state index >= 15 is 0 Å². The number of hydrogen-bond donors (Lipinski definition) is 0. The van der Waals surface area contributed by atoms with Crippen LogP contribution in [0.25, 0.3) is 10.9 Å². The van der Waals surface area contributed by atoms with E-state index in [4.69, 9.17) is 4.74 Å². The predicted molar refractivity (Wildman–Crippen MR) is 102 cm³/mol. The molecule has 2 nitrogen and oxygen atoms in total. The van der Waals surface area contributed by atoms with Crippen LogP contribution in [0.3, 0.4) is 0 Å². The maximum absolute atomic E-state index is 5.39. The van der Waals surface area contributed by atoms with E-state index in [1.807, 2.05) is 18.3 Å². The van der Waals surface area contributed by atoms with Gasteiger partial charge >= 0.3 is 0 Å². The summed E-state index contributed by atoms with van der Waals surface area (Å²) in [5.41, 5.74) is 2.25. The Hall–Kier alpha value is -1.09. The van der Waals surface area contributed by atoms with E-state index in [0.717, 1.165) is 27.5 Å². The second-order valence-corrected chi connectivity index (χ2v) is 7.07. The largest absolute Gasteiger partial charge is 0.494 e. The highest BCUT2D eigenvalue weighted by atomic mass is 79.9. The number of nitrogens with zero attached hydrogens (tertiary/aromatic N) is 1. The van der Waals surface area contributed by atoms with Gasteiger partial charge in [0.2, 0.25) is 0 Å². The van der Waals surface area contributed by atoms with Gasteiger partial charge in [0.1, 0.15) is 11.3 Å². The number of pyridine rings is 1. The van der Waals surface area contributed by atoms with Crippen LogP contribution in [0.4, 0.5) is 0 Å². The zero-order valence-electron chi connectivity index (χ0n) is 14.4. The summed E-state index contributed by atoms with van der Waals surface area (Å²) < 4.78 is 6.47. The maximum Gasteiger partial charge on any atom is 0.145 e. The van der Waals surface area contributed by atoms with Crippen LogP contribution in [0.15, 0.2) is 28.9 Å². The van der Waals surface area contributed by atoms with Crippen LogP contribution >= 0.6 is 15.9 Å². The van der Waals surface area contributed by atoms with Gasteiger partial charge in [-0.15, -0.1) is 0 Å². The zero-order valence-corrected chi connectivity index (χ0v) is 16.0. The van der Waals surface area contributed by atoms with Crippen LogP contribution in [-0.4, -0.2) is 12.1 Å². The van der Waals surface area contributed by atoms with Crippen LogP contribution in [0.2, 0.25) is 0 Å². The average molecular weight is 378 g/mol. The van der Waals surface area contributed by atoms with Crippen LogP contribution in [0.1, 0.15) is 63.9 Å². The summed E-state index contributed by atoms with van der Waals surface area (Å²) in [7, 11) is 1.69. The van der Waals surface area contributed by atoms with Gasteiger partial charge in [-0.25, -0.2) is 0 Å². The minimum absolute atomic E-state index is 0.835. The number of rotatable bonds is 10. The van der Waals surface area contributed by atoms with Crippen molar-refractivity contribution in [1.82, 2.24) is 4.98 Å². The van der Waals surface area contributed by atoms with Gasteiger partial charge in [-0.05, 0) is 36.6 Å². The van der Waals surface area contributed by atoms with Gasteiger partial charge in [-0.1, -0.05) is 67.8 Å². The molecule has 1 heterocycles. The third-order valence-electron chi connectivity index (χ3n) is 4.35. The van der Waals surface area contributed by atoms with Gasteiger partial charge in [0.05, 0.1) is 7.11 Å². The van der Waals surface area contributed by atoms with Crippen molar-refractivity contribution < 1.29 is 4.74 Å². The molecule has 0 aliphatic rings. The molecule has 0 aliphatic heterocycles. The lowest BCUT2D eigenvalue weighted by molar-refractivity contribution is 0.419. The SMILES string of the molecule is CCCCCCCCCCc1cnc2c(OC)ccc(Br)c2c1. The van der Waals surface area contributed by atoms with Gasteiger partial charge in [0, 0.05) is 16.1 Å². The lowest BCUT2D eigenvalue weighted by Crippen LogP contribution is -1.92. The lowest BCUT2D eigenvalue weighted by Gasteiger charge is -2.08. The minimum atomic E-state index is 0.835. The molecule has 0 bridgehead atoms. The number of aromatic nitrogens is 1. The van der Waals surface area contributed by atoms with Crippen molar-refractivity contribution in [2.75, 3.05) is 7.11 Å². The number of hydrogen-bond acceptors (Lipinski definition) is 2. The molecule has 0 saturated heterocycles. The van der Waals surface area contributed by atoms with Gasteiger partial charge in [0.25, 0.3) is 0 Å². The van der Waals surface area contributed by atoms with E-state index in [-0.39, 0.29) is 0 Å². The molecule has 0 fully saturated rings. The van der Waals surface area contributed by atoms with Gasteiger partial charge < -0.3 is 4.74 Å². The monoisotopic (exact) mass is 377 g/mol. The van der Waals surface area contributed by atoms with E-state index < -0.39 is 0 Å². The molecule has 2 aromatic rings. The summed E-state index contributed by atoms with van der Waals surface area (Å²) in [5.74, 6) is 0.835. The summed E-state index contributed by atoms with van der Waals surface area (Å²) >= 11 is 3.62. The molecule has 1 aromatic heterocycles. The molecule has 0 unspecified atom stereocenters. The number of aryl methyl sites for hydroxylation is 1. The van der Waals surface area contributed by atoms with Crippen molar-refractivity contribution in [3.63, 3.8) is 0 Å². The highest BCUT2D eigenvalue weighted by Gasteiger charge is 2.07. The van der Waals surface area contributed by atoms with Gasteiger partial charge in [-0.2, -0.15) is 0 Å². The molecule has 23 heavy (non-hydrogen) atoms. The van der Waals surface area contributed by atoms with Crippen molar-refractivity contribution in [1.29, 1.82) is 0 Å². The number of fused-ring (bicyclic) bond motifs is 1. The average Bonchev–Trinajstić information content (AvgIpc) is 2.58. The van der Waals surface area contributed by atoms with Crippen molar-refractivity contribution in [2.45, 2.75) is 64.7 Å². The quantitative estimate of drug-likeness (QED) is 0.430. The van der Waals surface area contributed by atoms with Crippen molar-refractivity contribution in [3.05, 3.63) is 34.4 Å². The fraction of sp³-hybridized carbons (Fsp3) is 0.550. The Bertz CT molecular complexity index is 612. The van der Waals surface area contributed by atoms with Gasteiger partial charge in [0.15, 0.2) is 0 Å². The Balaban J connectivity index is 1.83. The molecular weight excluding hydrogens is 350 g/mol. The minimum Gasteiger partial charge on any atom is -0.494 e. The summed E-state index contributed by atoms with van der Waals surface area (Å²) in [5, 5.41) is 1.14. The van der Waals surface area contributed by atoms with E-state index in [2.05, 4.69) is 33.9 Å². The molecule has 0 N–H and O–H groups in total. The first-order valence-electron chi connectivity index (χ1n) is 8.87.